The van der Waals surface area contributed by atoms with Crippen LogP contribution in [0.4, 0.5) is 16.5 Å². The first-order valence-electron chi connectivity index (χ1n) is 10.8. The van der Waals surface area contributed by atoms with E-state index in [4.69, 9.17) is 0 Å². The molecule has 0 unspecified atom stereocenters. The number of anilines is 3. The monoisotopic (exact) mass is 461 g/mol. The standard InChI is InChI=1S/C25H27N5O2S/c1-17-4-3-5-19(14-17)25(32)29-20-8-6-18(7-9-20)10-11-26-24-23-21(27-16-28-24)15-22(33-23)30(2)12-13-31/h3-9,14-16,31H,10-13H2,1-2H3,(H,29,32)(H,26,27,28). The first kappa shape index (κ1) is 22.7. The number of nitrogens with one attached hydrogen (secondary N) is 2. The van der Waals surface area contributed by atoms with Crippen LogP contribution in [0.1, 0.15) is 21.5 Å². The van der Waals surface area contributed by atoms with Crippen LogP contribution in [0.5, 0.6) is 0 Å². The number of hydrogen-bond donors (Lipinski definition) is 3. The van der Waals surface area contributed by atoms with Gasteiger partial charge in [-0.25, -0.2) is 9.97 Å². The second-order valence-electron chi connectivity index (χ2n) is 7.86. The molecule has 2 heterocycles. The number of amides is 1. The number of rotatable bonds is 9. The number of aliphatic hydroxyl groups excluding tert-OH is 1. The van der Waals surface area contributed by atoms with Crippen LogP contribution in [-0.4, -0.2) is 47.7 Å². The number of carbonyl (C=O) groups excluding carboxylic acids is 1. The van der Waals surface area contributed by atoms with E-state index in [-0.39, 0.29) is 12.5 Å². The van der Waals surface area contributed by atoms with Crippen LogP contribution in [0, 0.1) is 6.92 Å². The summed E-state index contributed by atoms with van der Waals surface area (Å²) < 4.78 is 1.01. The van der Waals surface area contributed by atoms with Gasteiger partial charge in [-0.3, -0.25) is 4.79 Å². The van der Waals surface area contributed by atoms with E-state index in [0.717, 1.165) is 50.8 Å². The van der Waals surface area contributed by atoms with E-state index in [0.29, 0.717) is 12.1 Å². The van der Waals surface area contributed by atoms with Gasteiger partial charge in [0.1, 0.15) is 12.1 Å². The minimum atomic E-state index is -0.110. The first-order valence-corrected chi connectivity index (χ1v) is 11.6. The van der Waals surface area contributed by atoms with E-state index in [1.807, 2.05) is 73.5 Å². The summed E-state index contributed by atoms with van der Waals surface area (Å²) in [6.45, 7) is 3.38. The molecule has 4 aromatic rings. The Labute approximate surface area is 197 Å². The van der Waals surface area contributed by atoms with Gasteiger partial charge in [-0.1, -0.05) is 29.8 Å². The number of carbonyl (C=O) groups is 1. The SMILES string of the molecule is Cc1cccc(C(=O)Nc2ccc(CCNc3ncnc4cc(N(C)CCO)sc34)cc2)c1. The summed E-state index contributed by atoms with van der Waals surface area (Å²) in [5, 5.41) is 16.6. The van der Waals surface area contributed by atoms with E-state index in [1.165, 1.54) is 0 Å². The number of aliphatic hydroxyl groups is 1. The Balaban J connectivity index is 1.34. The van der Waals surface area contributed by atoms with Crippen molar-refractivity contribution in [1.29, 1.82) is 0 Å². The average molecular weight is 462 g/mol. The highest BCUT2D eigenvalue weighted by Crippen LogP contribution is 2.34. The molecule has 8 heteroatoms. The summed E-state index contributed by atoms with van der Waals surface area (Å²) in [4.78, 5) is 23.2. The molecule has 0 aliphatic heterocycles. The van der Waals surface area contributed by atoms with Crippen molar-refractivity contribution < 1.29 is 9.90 Å². The van der Waals surface area contributed by atoms with Crippen LogP contribution >= 0.6 is 11.3 Å². The fraction of sp³-hybridized carbons (Fsp3) is 0.240. The lowest BCUT2D eigenvalue weighted by Gasteiger charge is -2.14. The third-order valence-corrected chi connectivity index (χ3v) is 6.55. The third-order valence-electron chi connectivity index (χ3n) is 5.31. The lowest BCUT2D eigenvalue weighted by Crippen LogP contribution is -2.19. The summed E-state index contributed by atoms with van der Waals surface area (Å²) >= 11 is 1.61. The first-order chi connectivity index (χ1) is 16.0. The Kier molecular flexibility index (Phi) is 7.16. The van der Waals surface area contributed by atoms with Gasteiger partial charge in [-0.05, 0) is 49.2 Å². The lowest BCUT2D eigenvalue weighted by atomic mass is 10.1. The average Bonchev–Trinajstić information content (AvgIpc) is 3.26. The number of fused-ring (bicyclic) bond motifs is 1. The molecule has 4 rings (SSSR count). The van der Waals surface area contributed by atoms with Gasteiger partial charge in [0, 0.05) is 31.4 Å². The number of aromatic nitrogens is 2. The van der Waals surface area contributed by atoms with E-state index >= 15 is 0 Å². The molecular formula is C25H27N5O2S. The van der Waals surface area contributed by atoms with E-state index in [9.17, 15) is 9.90 Å². The Bertz CT molecular complexity index is 1240. The molecule has 3 N–H and O–H groups in total. The molecule has 7 nitrogen and oxygen atoms in total. The topological polar surface area (TPSA) is 90.4 Å². The van der Waals surface area contributed by atoms with Gasteiger partial charge in [0.25, 0.3) is 5.91 Å². The number of aryl methyl sites for hydroxylation is 1. The zero-order chi connectivity index (χ0) is 23.2. The largest absolute Gasteiger partial charge is 0.395 e. The summed E-state index contributed by atoms with van der Waals surface area (Å²) in [6, 6.07) is 17.5. The molecule has 0 aliphatic carbocycles. The van der Waals surface area contributed by atoms with Gasteiger partial charge in [-0.15, -0.1) is 11.3 Å². The zero-order valence-corrected chi connectivity index (χ0v) is 19.5. The molecular weight excluding hydrogens is 434 g/mol. The Hall–Kier alpha value is -3.49. The van der Waals surface area contributed by atoms with Crippen molar-refractivity contribution in [2.45, 2.75) is 13.3 Å². The fourth-order valence-electron chi connectivity index (χ4n) is 3.49. The lowest BCUT2D eigenvalue weighted by molar-refractivity contribution is 0.102. The smallest absolute Gasteiger partial charge is 0.255 e. The normalized spacial score (nSPS) is 10.9. The molecule has 0 bridgehead atoms. The Morgan fingerprint density at radius 1 is 1.12 bits per heavy atom. The summed E-state index contributed by atoms with van der Waals surface area (Å²) in [5.41, 5.74) is 4.54. The minimum absolute atomic E-state index is 0.107. The number of benzene rings is 2. The van der Waals surface area contributed by atoms with Crippen molar-refractivity contribution in [2.75, 3.05) is 42.3 Å². The highest BCUT2D eigenvalue weighted by Gasteiger charge is 2.11. The molecule has 2 aromatic carbocycles. The summed E-state index contributed by atoms with van der Waals surface area (Å²) in [7, 11) is 1.95. The van der Waals surface area contributed by atoms with Gasteiger partial charge in [0.2, 0.25) is 0 Å². The molecule has 1 amide bonds. The van der Waals surface area contributed by atoms with Crippen molar-refractivity contribution in [3.63, 3.8) is 0 Å². The molecule has 0 atom stereocenters. The molecule has 33 heavy (non-hydrogen) atoms. The van der Waals surface area contributed by atoms with E-state index in [2.05, 4.69) is 20.6 Å². The van der Waals surface area contributed by atoms with Crippen molar-refractivity contribution in [3.05, 3.63) is 77.6 Å². The maximum Gasteiger partial charge on any atom is 0.255 e. The molecule has 0 saturated carbocycles. The zero-order valence-electron chi connectivity index (χ0n) is 18.7. The molecule has 0 radical (unpaired) electrons. The number of hydrogen-bond acceptors (Lipinski definition) is 7. The van der Waals surface area contributed by atoms with Gasteiger partial charge in [0.05, 0.1) is 21.8 Å². The molecule has 0 spiro atoms. The van der Waals surface area contributed by atoms with E-state index in [1.54, 1.807) is 17.7 Å². The minimum Gasteiger partial charge on any atom is -0.395 e. The van der Waals surface area contributed by atoms with Gasteiger partial charge >= 0.3 is 0 Å². The maximum absolute atomic E-state index is 12.4. The second kappa shape index (κ2) is 10.4. The predicted octanol–water partition coefficient (Wildman–Crippen LogP) is 4.34. The van der Waals surface area contributed by atoms with Gasteiger partial charge in [0.15, 0.2) is 0 Å². The van der Waals surface area contributed by atoms with Gasteiger partial charge < -0.3 is 20.6 Å². The van der Waals surface area contributed by atoms with Crippen molar-refractivity contribution in [1.82, 2.24) is 9.97 Å². The van der Waals surface area contributed by atoms with E-state index < -0.39 is 0 Å². The number of thiophene rings is 1. The highest BCUT2D eigenvalue weighted by molar-refractivity contribution is 7.23. The fourth-order valence-corrected chi connectivity index (χ4v) is 4.55. The van der Waals surface area contributed by atoms with Crippen LogP contribution in [0.3, 0.4) is 0 Å². The van der Waals surface area contributed by atoms with Crippen molar-refractivity contribution >= 4 is 44.0 Å². The molecule has 0 saturated heterocycles. The maximum atomic E-state index is 12.4. The van der Waals surface area contributed by atoms with Crippen molar-refractivity contribution in [2.24, 2.45) is 0 Å². The molecule has 2 aromatic heterocycles. The third kappa shape index (κ3) is 5.66. The Morgan fingerprint density at radius 2 is 1.94 bits per heavy atom. The second-order valence-corrected chi connectivity index (χ2v) is 8.89. The quantitative estimate of drug-likeness (QED) is 0.344. The highest BCUT2D eigenvalue weighted by atomic mass is 32.1. The van der Waals surface area contributed by atoms with Crippen LogP contribution in [0.2, 0.25) is 0 Å². The van der Waals surface area contributed by atoms with Gasteiger partial charge in [-0.2, -0.15) is 0 Å². The Morgan fingerprint density at radius 3 is 2.70 bits per heavy atom. The van der Waals surface area contributed by atoms with Crippen LogP contribution < -0.4 is 15.5 Å². The van der Waals surface area contributed by atoms with Crippen molar-refractivity contribution in [3.8, 4) is 0 Å². The predicted molar refractivity (Wildman–Crippen MR) is 136 cm³/mol. The summed E-state index contributed by atoms with van der Waals surface area (Å²) in [6.07, 6.45) is 2.39. The van der Waals surface area contributed by atoms with Crippen LogP contribution in [0.25, 0.3) is 10.2 Å². The number of likely N-dealkylation sites (N-methyl/N-ethyl adjacent to an activating group) is 1. The number of nitrogens with zero attached hydrogens (tertiary/aromatic N) is 3. The molecule has 0 fully saturated rings. The van der Waals surface area contributed by atoms with Crippen LogP contribution in [-0.2, 0) is 6.42 Å². The molecule has 170 valence electrons. The summed E-state index contributed by atoms with van der Waals surface area (Å²) in [5.74, 6) is 0.705. The molecule has 0 aliphatic rings. The van der Waals surface area contributed by atoms with Crippen LogP contribution in [0.15, 0.2) is 60.9 Å².